The lowest BCUT2D eigenvalue weighted by molar-refractivity contribution is 0.371. The summed E-state index contributed by atoms with van der Waals surface area (Å²) in [6.45, 7) is 8.20. The van der Waals surface area contributed by atoms with Gasteiger partial charge in [-0.2, -0.15) is 0 Å². The summed E-state index contributed by atoms with van der Waals surface area (Å²) >= 11 is 0. The highest BCUT2D eigenvalue weighted by Crippen LogP contribution is 2.20. The van der Waals surface area contributed by atoms with Gasteiger partial charge in [0.05, 0.1) is 16.2 Å². The second-order valence-electron chi connectivity index (χ2n) is 7.33. The molecule has 0 aromatic heterocycles. The van der Waals surface area contributed by atoms with E-state index in [2.05, 4.69) is 15.2 Å². The van der Waals surface area contributed by atoms with Crippen LogP contribution in [0.4, 0.5) is 10.1 Å². The summed E-state index contributed by atoms with van der Waals surface area (Å²) < 4.78 is 37.6. The van der Waals surface area contributed by atoms with Crippen LogP contribution in [0.15, 0.2) is 29.3 Å². The molecular weight excluding hydrogens is 482 g/mol. The molecule has 0 atom stereocenters. The molecule has 1 saturated heterocycles. The highest BCUT2D eigenvalue weighted by Gasteiger charge is 2.28. The van der Waals surface area contributed by atoms with Crippen LogP contribution in [0.25, 0.3) is 0 Å². The Morgan fingerprint density at radius 3 is 2.30 bits per heavy atom. The van der Waals surface area contributed by atoms with Gasteiger partial charge in [0.1, 0.15) is 5.82 Å². The summed E-state index contributed by atoms with van der Waals surface area (Å²) in [6.07, 6.45) is 0. The lowest BCUT2D eigenvalue weighted by atomic mass is 10.2. The molecule has 0 saturated carbocycles. The van der Waals surface area contributed by atoms with Crippen molar-refractivity contribution in [2.45, 2.75) is 25.5 Å². The zero-order chi connectivity index (χ0) is 19.4. The predicted molar refractivity (Wildman–Crippen MR) is 121 cm³/mol. The molecule has 27 heavy (non-hydrogen) atoms. The first-order valence-corrected chi connectivity index (χ1v) is 10.5. The Morgan fingerprint density at radius 1 is 1.19 bits per heavy atom. The van der Waals surface area contributed by atoms with Crippen LogP contribution < -0.4 is 10.2 Å². The van der Waals surface area contributed by atoms with Crippen LogP contribution in [-0.4, -0.2) is 69.5 Å². The third-order valence-electron chi connectivity index (χ3n) is 4.57. The number of halogens is 2. The summed E-state index contributed by atoms with van der Waals surface area (Å²) in [5, 5.41) is 3.14. The second kappa shape index (κ2) is 9.90. The van der Waals surface area contributed by atoms with Crippen LogP contribution in [0.1, 0.15) is 20.8 Å². The molecule has 0 radical (unpaired) electrons. The van der Waals surface area contributed by atoms with Crippen molar-refractivity contribution in [1.29, 1.82) is 0 Å². The van der Waals surface area contributed by atoms with Crippen molar-refractivity contribution in [2.24, 2.45) is 4.99 Å². The fourth-order valence-corrected chi connectivity index (χ4v) is 3.79. The maximum Gasteiger partial charge on any atom is 0.193 e. The third-order valence-corrected chi connectivity index (χ3v) is 7.18. The molecule has 2 rings (SSSR count). The first-order chi connectivity index (χ1) is 12.2. The van der Waals surface area contributed by atoms with Gasteiger partial charge in [-0.15, -0.1) is 24.0 Å². The number of hydrogen-bond donors (Lipinski definition) is 1. The number of benzene rings is 1. The Balaban J connectivity index is 0.00000364. The number of piperazine rings is 1. The highest BCUT2D eigenvalue weighted by atomic mass is 127. The molecule has 1 N–H and O–H groups in total. The maximum atomic E-state index is 13.9. The summed E-state index contributed by atoms with van der Waals surface area (Å²) in [6, 6.07) is 6.78. The smallest absolute Gasteiger partial charge is 0.193 e. The maximum absolute atomic E-state index is 13.9. The number of anilines is 1. The van der Waals surface area contributed by atoms with Gasteiger partial charge >= 0.3 is 0 Å². The minimum Gasteiger partial charge on any atom is -0.366 e. The lowest BCUT2D eigenvalue weighted by Gasteiger charge is -2.37. The van der Waals surface area contributed by atoms with E-state index in [-0.39, 0.29) is 35.5 Å². The molecule has 154 valence electrons. The van der Waals surface area contributed by atoms with E-state index < -0.39 is 14.6 Å². The van der Waals surface area contributed by atoms with Crippen molar-refractivity contribution in [3.8, 4) is 0 Å². The Morgan fingerprint density at radius 2 is 1.78 bits per heavy atom. The van der Waals surface area contributed by atoms with Crippen LogP contribution in [0, 0.1) is 5.82 Å². The molecular formula is C18H30FIN4O2S. The quantitative estimate of drug-likeness (QED) is 0.382. The molecule has 6 nitrogen and oxygen atoms in total. The molecule has 1 aromatic carbocycles. The molecule has 0 bridgehead atoms. The van der Waals surface area contributed by atoms with Gasteiger partial charge in [0, 0.05) is 39.8 Å². The molecule has 1 aromatic rings. The van der Waals surface area contributed by atoms with Crippen molar-refractivity contribution in [1.82, 2.24) is 10.2 Å². The standard InChI is InChI=1S/C18H29FN4O2S.HI/c1-18(2,3)26(24,25)14-9-21-17(20-4)23-12-10-22(11-13-23)16-8-6-5-7-15(16)19;/h5-8H,9-14H2,1-4H3,(H,20,21);1H. The monoisotopic (exact) mass is 512 g/mol. The van der Waals surface area contributed by atoms with Crippen LogP contribution in [-0.2, 0) is 9.84 Å². The van der Waals surface area contributed by atoms with E-state index in [0.717, 1.165) is 0 Å². The summed E-state index contributed by atoms with van der Waals surface area (Å²) in [5.41, 5.74) is 0.617. The summed E-state index contributed by atoms with van der Waals surface area (Å²) in [7, 11) is -1.48. The van der Waals surface area contributed by atoms with E-state index in [9.17, 15) is 12.8 Å². The Kier molecular flexibility index (Phi) is 8.78. The average molecular weight is 512 g/mol. The van der Waals surface area contributed by atoms with E-state index in [0.29, 0.717) is 44.4 Å². The third kappa shape index (κ3) is 6.20. The Bertz CT molecular complexity index is 742. The number of nitrogens with one attached hydrogen (secondary N) is 1. The van der Waals surface area contributed by atoms with Gasteiger partial charge in [-0.1, -0.05) is 12.1 Å². The fourth-order valence-electron chi connectivity index (χ4n) is 2.80. The van der Waals surface area contributed by atoms with Gasteiger partial charge in [-0.3, -0.25) is 4.99 Å². The largest absolute Gasteiger partial charge is 0.366 e. The van der Waals surface area contributed by atoms with Crippen LogP contribution in [0.5, 0.6) is 0 Å². The minimum absolute atomic E-state index is 0. The molecule has 0 spiro atoms. The number of aliphatic imine (C=N–C) groups is 1. The first-order valence-electron chi connectivity index (χ1n) is 8.83. The average Bonchev–Trinajstić information content (AvgIpc) is 2.58. The Hall–Kier alpha value is -1.10. The number of sulfone groups is 1. The number of rotatable bonds is 4. The second-order valence-corrected chi connectivity index (χ2v) is 10.2. The van der Waals surface area contributed by atoms with E-state index in [1.54, 1.807) is 40.0 Å². The van der Waals surface area contributed by atoms with Gasteiger partial charge in [0.2, 0.25) is 0 Å². The highest BCUT2D eigenvalue weighted by molar-refractivity contribution is 14.0. The first kappa shape index (κ1) is 23.9. The number of guanidine groups is 1. The normalized spacial score (nSPS) is 16.1. The van der Waals surface area contributed by atoms with E-state index >= 15 is 0 Å². The van der Waals surface area contributed by atoms with Gasteiger partial charge in [-0.05, 0) is 32.9 Å². The number of para-hydroxylation sites is 1. The molecule has 9 heteroatoms. The van der Waals surface area contributed by atoms with Crippen molar-refractivity contribution in [2.75, 3.05) is 50.4 Å². The number of nitrogens with zero attached hydrogens (tertiary/aromatic N) is 3. The topological polar surface area (TPSA) is 65.0 Å². The summed E-state index contributed by atoms with van der Waals surface area (Å²) in [4.78, 5) is 8.34. The summed E-state index contributed by atoms with van der Waals surface area (Å²) in [5.74, 6) is 0.531. The molecule has 0 amide bonds. The minimum atomic E-state index is -3.17. The van der Waals surface area contributed by atoms with Gasteiger partial charge in [0.15, 0.2) is 15.8 Å². The van der Waals surface area contributed by atoms with Gasteiger partial charge < -0.3 is 15.1 Å². The fraction of sp³-hybridized carbons (Fsp3) is 0.611. The molecule has 1 aliphatic rings. The lowest BCUT2D eigenvalue weighted by Crippen LogP contribution is -2.53. The molecule has 1 heterocycles. The van der Waals surface area contributed by atoms with Crippen molar-refractivity contribution in [3.05, 3.63) is 30.1 Å². The SMILES string of the molecule is CN=C(NCCS(=O)(=O)C(C)(C)C)N1CCN(c2ccccc2F)CC1.I. The molecule has 0 aliphatic carbocycles. The van der Waals surface area contributed by atoms with Gasteiger partial charge in [-0.25, -0.2) is 12.8 Å². The molecule has 1 fully saturated rings. The van der Waals surface area contributed by atoms with Gasteiger partial charge in [0.25, 0.3) is 0 Å². The van der Waals surface area contributed by atoms with Crippen molar-refractivity contribution < 1.29 is 12.8 Å². The number of hydrogen-bond acceptors (Lipinski definition) is 4. The van der Waals surface area contributed by atoms with E-state index in [4.69, 9.17) is 0 Å². The molecule has 1 aliphatic heterocycles. The van der Waals surface area contributed by atoms with Crippen LogP contribution >= 0.6 is 24.0 Å². The van der Waals surface area contributed by atoms with E-state index in [1.807, 2.05) is 11.0 Å². The molecule has 0 unspecified atom stereocenters. The Labute approximate surface area is 179 Å². The zero-order valence-corrected chi connectivity index (χ0v) is 19.6. The predicted octanol–water partition coefficient (Wildman–Crippen LogP) is 2.35. The van der Waals surface area contributed by atoms with Crippen LogP contribution in [0.3, 0.4) is 0 Å². The van der Waals surface area contributed by atoms with Crippen LogP contribution in [0.2, 0.25) is 0 Å². The van der Waals surface area contributed by atoms with Crippen molar-refractivity contribution >= 4 is 45.5 Å². The van der Waals surface area contributed by atoms with Crippen molar-refractivity contribution in [3.63, 3.8) is 0 Å². The zero-order valence-electron chi connectivity index (χ0n) is 16.4. The van der Waals surface area contributed by atoms with E-state index in [1.165, 1.54) is 6.07 Å².